The van der Waals surface area contributed by atoms with E-state index in [0.29, 0.717) is 12.0 Å². The Morgan fingerprint density at radius 3 is 2.79 bits per heavy atom. The third-order valence-electron chi connectivity index (χ3n) is 3.63. The van der Waals surface area contributed by atoms with Gasteiger partial charge in [0, 0.05) is 19.9 Å². The highest BCUT2D eigenvalue weighted by molar-refractivity contribution is 7.86. The summed E-state index contributed by atoms with van der Waals surface area (Å²) in [6, 6.07) is 7.06. The van der Waals surface area contributed by atoms with Crippen molar-refractivity contribution in [3.8, 4) is 0 Å². The predicted octanol–water partition coefficient (Wildman–Crippen LogP) is 1.03. The van der Waals surface area contributed by atoms with Crippen LogP contribution in [0.4, 0.5) is 0 Å². The van der Waals surface area contributed by atoms with Crippen molar-refractivity contribution in [3.63, 3.8) is 0 Å². The van der Waals surface area contributed by atoms with Crippen LogP contribution in [0.2, 0.25) is 0 Å². The third-order valence-corrected chi connectivity index (χ3v) is 4.90. The molecule has 0 saturated carbocycles. The van der Waals surface area contributed by atoms with Crippen LogP contribution in [0.1, 0.15) is 36.2 Å². The molecule has 0 fully saturated rings. The van der Waals surface area contributed by atoms with E-state index in [-0.39, 0.29) is 31.2 Å². The number of carbonyl (C=O) groups excluding carboxylic acids is 2. The van der Waals surface area contributed by atoms with Gasteiger partial charge in [-0.25, -0.2) is 4.79 Å². The van der Waals surface area contributed by atoms with E-state index in [1.54, 1.807) is 19.1 Å². The first-order chi connectivity index (χ1) is 11.2. The average molecular weight is 355 g/mol. The van der Waals surface area contributed by atoms with Crippen LogP contribution in [0.5, 0.6) is 0 Å². The summed E-state index contributed by atoms with van der Waals surface area (Å²) in [6.07, 6.45) is 0.636. The van der Waals surface area contributed by atoms with E-state index in [2.05, 4.69) is 5.32 Å². The Kier molecular flexibility index (Phi) is 5.61. The molecule has 0 saturated heterocycles. The highest BCUT2D eigenvalue weighted by atomic mass is 32.2. The zero-order valence-corrected chi connectivity index (χ0v) is 14.5. The van der Waals surface area contributed by atoms with Gasteiger partial charge in [0.2, 0.25) is 5.91 Å². The standard InChI is InChI=1S/C16H21NO6S/c1-12(18)17-8-5-9-24(20,21)22-11-16(2)10-13-6-3-4-7-14(13)15(19)23-16/h3-4,6-7H,5,8-11H2,1-2H3,(H,17,18). The molecule has 8 heteroatoms. The third kappa shape index (κ3) is 5.04. The van der Waals surface area contributed by atoms with E-state index in [0.717, 1.165) is 5.56 Å². The Bertz CT molecular complexity index is 730. The summed E-state index contributed by atoms with van der Waals surface area (Å²) in [5.74, 6) is -0.909. The fourth-order valence-electron chi connectivity index (χ4n) is 2.46. The molecule has 132 valence electrons. The Balaban J connectivity index is 1.91. The van der Waals surface area contributed by atoms with Gasteiger partial charge in [-0.15, -0.1) is 0 Å². The van der Waals surface area contributed by atoms with E-state index in [1.807, 2.05) is 12.1 Å². The first-order valence-corrected chi connectivity index (χ1v) is 9.21. The monoisotopic (exact) mass is 355 g/mol. The fraction of sp³-hybridized carbons (Fsp3) is 0.500. The number of carbonyl (C=O) groups is 2. The van der Waals surface area contributed by atoms with Crippen molar-refractivity contribution in [2.24, 2.45) is 0 Å². The molecule has 0 radical (unpaired) electrons. The maximum atomic E-state index is 12.0. The number of hydrogen-bond acceptors (Lipinski definition) is 6. The Hall–Kier alpha value is -1.93. The molecule has 7 nitrogen and oxygen atoms in total. The molecule has 1 aliphatic heterocycles. The summed E-state index contributed by atoms with van der Waals surface area (Å²) < 4.78 is 34.2. The zero-order chi connectivity index (χ0) is 17.8. The lowest BCUT2D eigenvalue weighted by molar-refractivity contribution is -0.118. The number of esters is 1. The number of ether oxygens (including phenoxy) is 1. The second-order valence-corrected chi connectivity index (χ2v) is 7.79. The molecule has 1 aromatic rings. The molecular weight excluding hydrogens is 334 g/mol. The second kappa shape index (κ2) is 7.31. The molecule has 0 bridgehead atoms. The average Bonchev–Trinajstić information content (AvgIpc) is 2.50. The van der Waals surface area contributed by atoms with Gasteiger partial charge < -0.3 is 10.1 Å². The lowest BCUT2D eigenvalue weighted by Gasteiger charge is -2.33. The lowest BCUT2D eigenvalue weighted by atomic mass is 9.91. The molecule has 1 atom stereocenters. The lowest BCUT2D eigenvalue weighted by Crippen LogP contribution is -2.43. The molecule has 24 heavy (non-hydrogen) atoms. The molecule has 0 spiro atoms. The molecule has 1 unspecified atom stereocenters. The number of nitrogens with one attached hydrogen (secondary N) is 1. The highest BCUT2D eigenvalue weighted by Crippen LogP contribution is 2.28. The van der Waals surface area contributed by atoms with Gasteiger partial charge in [-0.05, 0) is 25.0 Å². The van der Waals surface area contributed by atoms with Crippen LogP contribution < -0.4 is 5.32 Å². The number of cyclic esters (lactones) is 1. The van der Waals surface area contributed by atoms with Gasteiger partial charge in [0.25, 0.3) is 10.1 Å². The van der Waals surface area contributed by atoms with E-state index < -0.39 is 21.7 Å². The number of rotatable bonds is 7. The van der Waals surface area contributed by atoms with Crippen molar-refractivity contribution in [1.82, 2.24) is 5.32 Å². The van der Waals surface area contributed by atoms with Crippen LogP contribution in [0.25, 0.3) is 0 Å². The van der Waals surface area contributed by atoms with Gasteiger partial charge in [-0.2, -0.15) is 8.42 Å². The van der Waals surface area contributed by atoms with Gasteiger partial charge >= 0.3 is 5.97 Å². The van der Waals surface area contributed by atoms with Crippen molar-refractivity contribution in [2.75, 3.05) is 18.9 Å². The Morgan fingerprint density at radius 1 is 1.38 bits per heavy atom. The van der Waals surface area contributed by atoms with Gasteiger partial charge in [-0.3, -0.25) is 8.98 Å². The first kappa shape index (κ1) is 18.4. The summed E-state index contributed by atoms with van der Waals surface area (Å²) in [7, 11) is -3.75. The minimum Gasteiger partial charge on any atom is -0.453 e. The van der Waals surface area contributed by atoms with Crippen LogP contribution in [0.15, 0.2) is 24.3 Å². The van der Waals surface area contributed by atoms with Crippen molar-refractivity contribution in [2.45, 2.75) is 32.3 Å². The van der Waals surface area contributed by atoms with Crippen LogP contribution in [0.3, 0.4) is 0 Å². The fourth-order valence-corrected chi connectivity index (χ4v) is 3.50. The van der Waals surface area contributed by atoms with Crippen LogP contribution >= 0.6 is 0 Å². The molecule has 0 aromatic heterocycles. The smallest absolute Gasteiger partial charge is 0.339 e. The van der Waals surface area contributed by atoms with Crippen LogP contribution in [-0.2, 0) is 30.3 Å². The molecule has 1 aromatic carbocycles. The molecule has 2 rings (SSSR count). The number of benzene rings is 1. The molecule has 0 aliphatic carbocycles. The first-order valence-electron chi connectivity index (χ1n) is 7.64. The maximum absolute atomic E-state index is 12.0. The van der Waals surface area contributed by atoms with Gasteiger partial charge in [-0.1, -0.05) is 18.2 Å². The molecule has 1 amide bonds. The van der Waals surface area contributed by atoms with Gasteiger partial charge in [0.1, 0.15) is 12.2 Å². The van der Waals surface area contributed by atoms with E-state index >= 15 is 0 Å². The largest absolute Gasteiger partial charge is 0.453 e. The number of amides is 1. The Labute approximate surface area is 141 Å². The topological polar surface area (TPSA) is 98.8 Å². The van der Waals surface area contributed by atoms with Crippen LogP contribution in [-0.4, -0.2) is 44.8 Å². The summed E-state index contributed by atoms with van der Waals surface area (Å²) >= 11 is 0. The van der Waals surface area contributed by atoms with E-state index in [1.165, 1.54) is 6.92 Å². The Morgan fingerprint density at radius 2 is 2.08 bits per heavy atom. The zero-order valence-electron chi connectivity index (χ0n) is 13.7. The SMILES string of the molecule is CC(=O)NCCCS(=O)(=O)OCC1(C)Cc2ccccc2C(=O)O1. The highest BCUT2D eigenvalue weighted by Gasteiger charge is 2.37. The van der Waals surface area contributed by atoms with E-state index in [4.69, 9.17) is 8.92 Å². The molecule has 1 heterocycles. The molecule has 1 aliphatic rings. The van der Waals surface area contributed by atoms with Gasteiger partial charge in [0.15, 0.2) is 0 Å². The number of hydrogen-bond donors (Lipinski definition) is 1. The van der Waals surface area contributed by atoms with Crippen molar-refractivity contribution >= 4 is 22.0 Å². The summed E-state index contributed by atoms with van der Waals surface area (Å²) in [6.45, 7) is 3.03. The maximum Gasteiger partial charge on any atom is 0.339 e. The van der Waals surface area contributed by atoms with Gasteiger partial charge in [0.05, 0.1) is 11.3 Å². The minimum absolute atomic E-state index is 0.214. The van der Waals surface area contributed by atoms with Crippen molar-refractivity contribution in [3.05, 3.63) is 35.4 Å². The van der Waals surface area contributed by atoms with Crippen molar-refractivity contribution in [1.29, 1.82) is 0 Å². The summed E-state index contributed by atoms with van der Waals surface area (Å²) in [5, 5.41) is 2.52. The second-order valence-electron chi connectivity index (χ2n) is 6.03. The molecule has 1 N–H and O–H groups in total. The summed E-state index contributed by atoms with van der Waals surface area (Å²) in [4.78, 5) is 22.8. The van der Waals surface area contributed by atoms with Crippen LogP contribution in [0, 0.1) is 0 Å². The summed E-state index contributed by atoms with van der Waals surface area (Å²) in [5.41, 5.74) is 0.270. The minimum atomic E-state index is -3.75. The quantitative estimate of drug-likeness (QED) is 0.446. The number of fused-ring (bicyclic) bond motifs is 1. The normalized spacial score (nSPS) is 20.2. The van der Waals surface area contributed by atoms with Crippen molar-refractivity contribution < 1.29 is 26.9 Å². The predicted molar refractivity (Wildman–Crippen MR) is 87.0 cm³/mol. The molecular formula is C16H21NO6S. The van der Waals surface area contributed by atoms with E-state index in [9.17, 15) is 18.0 Å².